The molecule has 1 aliphatic heterocycles. The number of benzene rings is 1. The Morgan fingerprint density at radius 3 is 2.81 bits per heavy atom. The molecule has 1 aromatic heterocycles. The van der Waals surface area contributed by atoms with Crippen LogP contribution in [-0.2, 0) is 9.59 Å². The molecule has 2 heterocycles. The lowest BCUT2D eigenvalue weighted by atomic mass is 10.2. The summed E-state index contributed by atoms with van der Waals surface area (Å²) in [6.45, 7) is 0.689. The summed E-state index contributed by atoms with van der Waals surface area (Å²) in [5.74, 6) is -0.400. The number of rotatable bonds is 3. The molecule has 0 spiro atoms. The van der Waals surface area contributed by atoms with E-state index in [0.717, 1.165) is 5.69 Å². The minimum absolute atomic E-state index is 0.170. The molecule has 3 N–H and O–H groups in total. The zero-order valence-electron chi connectivity index (χ0n) is 11.2. The minimum atomic E-state index is -0.542. The van der Waals surface area contributed by atoms with Crippen LogP contribution in [0.25, 0.3) is 5.69 Å². The minimum Gasteiger partial charge on any atom is -0.342 e. The summed E-state index contributed by atoms with van der Waals surface area (Å²) in [5, 5.41) is 8.33. The molecule has 2 aromatic rings. The van der Waals surface area contributed by atoms with E-state index in [1.54, 1.807) is 12.5 Å². The Bertz CT molecular complexity index is 636. The summed E-state index contributed by atoms with van der Waals surface area (Å²) in [5.41, 5.74) is 1.64. The van der Waals surface area contributed by atoms with Gasteiger partial charge >= 0.3 is 0 Å². The first-order valence-corrected chi connectivity index (χ1v) is 6.62. The Morgan fingerprint density at radius 1 is 1.33 bits per heavy atom. The number of imidazole rings is 1. The van der Waals surface area contributed by atoms with Crippen molar-refractivity contribution in [2.45, 2.75) is 6.04 Å². The average molecular weight is 285 g/mol. The first-order valence-electron chi connectivity index (χ1n) is 6.62. The van der Waals surface area contributed by atoms with Crippen molar-refractivity contribution in [1.29, 1.82) is 0 Å². The fraction of sp³-hybridized carbons (Fsp3) is 0.214. The maximum Gasteiger partial charge on any atom is 0.248 e. The Balaban J connectivity index is 1.65. The zero-order chi connectivity index (χ0) is 14.7. The summed E-state index contributed by atoms with van der Waals surface area (Å²) in [6.07, 6.45) is 5.25. The third-order valence-electron chi connectivity index (χ3n) is 3.22. The van der Waals surface area contributed by atoms with E-state index in [9.17, 15) is 9.59 Å². The van der Waals surface area contributed by atoms with Crippen molar-refractivity contribution in [3.05, 3.63) is 43.0 Å². The second kappa shape index (κ2) is 5.76. The van der Waals surface area contributed by atoms with E-state index in [0.29, 0.717) is 12.2 Å². The second-order valence-corrected chi connectivity index (χ2v) is 4.76. The van der Waals surface area contributed by atoms with Crippen LogP contribution in [0.2, 0.25) is 0 Å². The molecule has 1 atom stereocenters. The van der Waals surface area contributed by atoms with E-state index in [-0.39, 0.29) is 18.4 Å². The molecule has 1 fully saturated rings. The van der Waals surface area contributed by atoms with Crippen LogP contribution in [-0.4, -0.2) is 40.5 Å². The lowest BCUT2D eigenvalue weighted by Gasteiger charge is -2.23. The topological polar surface area (TPSA) is 88.1 Å². The standard InChI is InChI=1S/C14H15N5O2/c20-13-8-16-7-12(18-13)14(21)17-10-1-3-11(4-2-10)19-6-5-15-9-19/h1-6,9,12,16H,7-8H2,(H,17,21)(H,18,20). The zero-order valence-corrected chi connectivity index (χ0v) is 11.2. The van der Waals surface area contributed by atoms with Gasteiger partial charge in [-0.05, 0) is 24.3 Å². The number of carbonyl (C=O) groups is 2. The van der Waals surface area contributed by atoms with Crippen molar-refractivity contribution >= 4 is 17.5 Å². The van der Waals surface area contributed by atoms with Crippen LogP contribution >= 0.6 is 0 Å². The van der Waals surface area contributed by atoms with Gasteiger partial charge in [0.2, 0.25) is 11.8 Å². The number of nitrogens with zero attached hydrogens (tertiary/aromatic N) is 2. The fourth-order valence-corrected chi connectivity index (χ4v) is 2.14. The van der Waals surface area contributed by atoms with E-state index in [4.69, 9.17) is 0 Å². The monoisotopic (exact) mass is 285 g/mol. The molecule has 0 aliphatic carbocycles. The predicted octanol–water partition coefficient (Wildman–Crippen LogP) is -0.101. The Hall–Kier alpha value is -2.67. The van der Waals surface area contributed by atoms with Crippen LogP contribution in [0.15, 0.2) is 43.0 Å². The van der Waals surface area contributed by atoms with Gasteiger partial charge < -0.3 is 20.5 Å². The van der Waals surface area contributed by atoms with Crippen LogP contribution in [0.3, 0.4) is 0 Å². The quantitative estimate of drug-likeness (QED) is 0.735. The first kappa shape index (κ1) is 13.3. The lowest BCUT2D eigenvalue weighted by molar-refractivity contribution is -0.127. The Labute approximate surface area is 121 Å². The van der Waals surface area contributed by atoms with Gasteiger partial charge in [0, 0.05) is 30.3 Å². The van der Waals surface area contributed by atoms with Gasteiger partial charge in [-0.2, -0.15) is 0 Å². The number of anilines is 1. The Morgan fingerprint density at radius 2 is 2.14 bits per heavy atom. The van der Waals surface area contributed by atoms with Crippen molar-refractivity contribution in [2.75, 3.05) is 18.4 Å². The van der Waals surface area contributed by atoms with Gasteiger partial charge in [0.25, 0.3) is 0 Å². The molecular weight excluding hydrogens is 270 g/mol. The highest BCUT2D eigenvalue weighted by atomic mass is 16.2. The van der Waals surface area contributed by atoms with E-state index < -0.39 is 6.04 Å². The Kier molecular flexibility index (Phi) is 3.65. The van der Waals surface area contributed by atoms with E-state index in [1.165, 1.54) is 0 Å². The van der Waals surface area contributed by atoms with E-state index >= 15 is 0 Å². The maximum atomic E-state index is 12.0. The summed E-state index contributed by atoms with van der Waals surface area (Å²) >= 11 is 0. The number of carbonyl (C=O) groups excluding carboxylic acids is 2. The summed E-state index contributed by atoms with van der Waals surface area (Å²) in [7, 11) is 0. The van der Waals surface area contributed by atoms with Crippen LogP contribution in [0.1, 0.15) is 0 Å². The van der Waals surface area contributed by atoms with Crippen LogP contribution in [0.5, 0.6) is 0 Å². The van der Waals surface area contributed by atoms with Crippen LogP contribution < -0.4 is 16.0 Å². The highest BCUT2D eigenvalue weighted by molar-refractivity contribution is 5.98. The third-order valence-corrected chi connectivity index (χ3v) is 3.22. The molecule has 1 saturated heterocycles. The molecule has 0 saturated carbocycles. The van der Waals surface area contributed by atoms with Crippen molar-refractivity contribution in [1.82, 2.24) is 20.2 Å². The molecular formula is C14H15N5O2. The maximum absolute atomic E-state index is 12.0. The first-order chi connectivity index (χ1) is 10.2. The van der Waals surface area contributed by atoms with E-state index in [2.05, 4.69) is 20.9 Å². The number of amides is 2. The molecule has 0 radical (unpaired) electrons. The van der Waals surface area contributed by atoms with Crippen LogP contribution in [0.4, 0.5) is 5.69 Å². The molecule has 1 aliphatic rings. The summed E-state index contributed by atoms with van der Waals surface area (Å²) < 4.78 is 1.87. The smallest absolute Gasteiger partial charge is 0.248 e. The van der Waals surface area contributed by atoms with Crippen molar-refractivity contribution in [3.8, 4) is 5.69 Å². The van der Waals surface area contributed by atoms with Gasteiger partial charge in [0.15, 0.2) is 0 Å². The van der Waals surface area contributed by atoms with E-state index in [1.807, 2.05) is 35.0 Å². The molecule has 2 amide bonds. The molecule has 7 nitrogen and oxygen atoms in total. The second-order valence-electron chi connectivity index (χ2n) is 4.76. The van der Waals surface area contributed by atoms with Gasteiger partial charge in [-0.25, -0.2) is 4.98 Å². The fourth-order valence-electron chi connectivity index (χ4n) is 2.14. The van der Waals surface area contributed by atoms with Crippen molar-refractivity contribution in [3.63, 3.8) is 0 Å². The van der Waals surface area contributed by atoms with Crippen molar-refractivity contribution in [2.24, 2.45) is 0 Å². The molecule has 0 bridgehead atoms. The molecule has 108 valence electrons. The van der Waals surface area contributed by atoms with Gasteiger partial charge in [-0.1, -0.05) is 0 Å². The molecule has 3 rings (SSSR count). The van der Waals surface area contributed by atoms with Gasteiger partial charge in [0.1, 0.15) is 6.04 Å². The highest BCUT2D eigenvalue weighted by Crippen LogP contribution is 2.13. The molecule has 1 unspecified atom stereocenters. The number of hydrogen-bond donors (Lipinski definition) is 3. The summed E-state index contributed by atoms with van der Waals surface area (Å²) in [4.78, 5) is 27.3. The van der Waals surface area contributed by atoms with Gasteiger partial charge in [0.05, 0.1) is 12.9 Å². The molecule has 21 heavy (non-hydrogen) atoms. The average Bonchev–Trinajstić information content (AvgIpc) is 3.02. The normalized spacial score (nSPS) is 18.1. The number of piperazine rings is 1. The van der Waals surface area contributed by atoms with Gasteiger partial charge in [-0.15, -0.1) is 0 Å². The van der Waals surface area contributed by atoms with Crippen molar-refractivity contribution < 1.29 is 9.59 Å². The predicted molar refractivity (Wildman–Crippen MR) is 77.0 cm³/mol. The van der Waals surface area contributed by atoms with Gasteiger partial charge in [-0.3, -0.25) is 9.59 Å². The highest BCUT2D eigenvalue weighted by Gasteiger charge is 2.24. The summed E-state index contributed by atoms with van der Waals surface area (Å²) in [6, 6.07) is 6.85. The number of hydrogen-bond acceptors (Lipinski definition) is 4. The lowest BCUT2D eigenvalue weighted by Crippen LogP contribution is -2.57. The molecule has 1 aromatic carbocycles. The largest absolute Gasteiger partial charge is 0.342 e. The molecule has 7 heteroatoms. The van der Waals surface area contributed by atoms with Crippen LogP contribution in [0, 0.1) is 0 Å². The number of nitrogens with one attached hydrogen (secondary N) is 3. The third kappa shape index (κ3) is 3.09. The number of aromatic nitrogens is 2. The SMILES string of the molecule is O=C1CNCC(C(=O)Nc2ccc(-n3ccnc3)cc2)N1.